The molecule has 1 aromatic carbocycles. The Bertz CT molecular complexity index is 590. The Labute approximate surface area is 146 Å². The molecule has 1 saturated heterocycles. The molecule has 1 aromatic rings. The zero-order valence-corrected chi connectivity index (χ0v) is 14.4. The van der Waals surface area contributed by atoms with Crippen LogP contribution in [-0.4, -0.2) is 54.9 Å². The molecule has 1 aliphatic rings. The van der Waals surface area contributed by atoms with E-state index in [1.54, 1.807) is 13.8 Å². The van der Waals surface area contributed by atoms with Gasteiger partial charge in [-0.05, 0) is 19.4 Å². The van der Waals surface area contributed by atoms with Gasteiger partial charge in [0, 0.05) is 0 Å². The normalized spacial score (nSPS) is 22.9. The summed E-state index contributed by atoms with van der Waals surface area (Å²) in [5, 5.41) is 11.9. The highest BCUT2D eigenvalue weighted by Gasteiger charge is 2.48. The third-order valence-corrected chi connectivity index (χ3v) is 3.67. The maximum absolute atomic E-state index is 12.1. The van der Waals surface area contributed by atoms with Crippen molar-refractivity contribution in [2.75, 3.05) is 13.7 Å². The molecular formula is C17H23NO7. The number of methoxy groups -OCH3 is 1. The molecule has 1 amide bonds. The van der Waals surface area contributed by atoms with Crippen molar-refractivity contribution in [2.24, 2.45) is 0 Å². The standard InChI is InChI=1S/C17H23NO7/c1-17(2)24-12(9-19)14(25-17)13(15(20)22-3)18-16(21)23-10-11-7-5-4-6-8-11/h4-8,12-14,19H,9-10H2,1-3H3,(H,18,21)/t12-,13+,14+/m1/s1. The van der Waals surface area contributed by atoms with Gasteiger partial charge in [-0.2, -0.15) is 0 Å². The molecule has 8 heteroatoms. The van der Waals surface area contributed by atoms with E-state index in [2.05, 4.69) is 5.32 Å². The van der Waals surface area contributed by atoms with Crippen molar-refractivity contribution in [1.82, 2.24) is 5.32 Å². The number of aliphatic hydroxyl groups is 1. The van der Waals surface area contributed by atoms with E-state index in [-0.39, 0.29) is 13.2 Å². The minimum atomic E-state index is -1.17. The van der Waals surface area contributed by atoms with Crippen LogP contribution >= 0.6 is 0 Å². The second-order valence-electron chi connectivity index (χ2n) is 6.03. The minimum absolute atomic E-state index is 0.0531. The summed E-state index contributed by atoms with van der Waals surface area (Å²) in [6.45, 7) is 2.98. The van der Waals surface area contributed by atoms with Gasteiger partial charge in [0.2, 0.25) is 0 Å². The summed E-state index contributed by atoms with van der Waals surface area (Å²) in [5.41, 5.74) is 0.807. The van der Waals surface area contributed by atoms with Crippen LogP contribution in [0.2, 0.25) is 0 Å². The zero-order valence-electron chi connectivity index (χ0n) is 14.4. The molecule has 0 radical (unpaired) electrons. The van der Waals surface area contributed by atoms with Gasteiger partial charge in [0.1, 0.15) is 18.8 Å². The molecule has 0 spiro atoms. The topological polar surface area (TPSA) is 103 Å². The van der Waals surface area contributed by atoms with Gasteiger partial charge in [0.25, 0.3) is 0 Å². The number of benzene rings is 1. The Kier molecular flexibility index (Phi) is 6.35. The number of esters is 1. The van der Waals surface area contributed by atoms with Gasteiger partial charge in [-0.1, -0.05) is 30.3 Å². The van der Waals surface area contributed by atoms with Gasteiger partial charge in [0.05, 0.1) is 13.7 Å². The summed E-state index contributed by atoms with van der Waals surface area (Å²) < 4.78 is 21.0. The van der Waals surface area contributed by atoms with Crippen molar-refractivity contribution in [3.8, 4) is 0 Å². The summed E-state index contributed by atoms with van der Waals surface area (Å²) in [6, 6.07) is 7.95. The number of carbonyl (C=O) groups is 2. The van der Waals surface area contributed by atoms with Crippen LogP contribution in [0.1, 0.15) is 19.4 Å². The number of hydrogen-bond acceptors (Lipinski definition) is 7. The Morgan fingerprint density at radius 2 is 1.96 bits per heavy atom. The quantitative estimate of drug-likeness (QED) is 0.734. The van der Waals surface area contributed by atoms with Crippen molar-refractivity contribution < 1.29 is 33.6 Å². The first kappa shape index (κ1) is 19.2. The second-order valence-corrected chi connectivity index (χ2v) is 6.03. The van der Waals surface area contributed by atoms with E-state index in [1.165, 1.54) is 7.11 Å². The molecule has 8 nitrogen and oxygen atoms in total. The molecule has 138 valence electrons. The lowest BCUT2D eigenvalue weighted by atomic mass is 10.1. The molecule has 2 rings (SSSR count). The molecule has 0 unspecified atom stereocenters. The highest BCUT2D eigenvalue weighted by molar-refractivity contribution is 5.82. The van der Waals surface area contributed by atoms with Crippen molar-refractivity contribution >= 4 is 12.1 Å². The SMILES string of the molecule is COC(=O)[C@@H](NC(=O)OCc1ccccc1)[C@H]1OC(C)(C)O[C@@H]1CO. The Balaban J connectivity index is 2.02. The first-order chi connectivity index (χ1) is 11.9. The van der Waals surface area contributed by atoms with Crippen molar-refractivity contribution in [1.29, 1.82) is 0 Å². The van der Waals surface area contributed by atoms with Crippen molar-refractivity contribution in [3.05, 3.63) is 35.9 Å². The minimum Gasteiger partial charge on any atom is -0.467 e. The highest BCUT2D eigenvalue weighted by atomic mass is 16.8. The zero-order chi connectivity index (χ0) is 18.4. The average Bonchev–Trinajstić information content (AvgIpc) is 2.92. The lowest BCUT2D eigenvalue weighted by Crippen LogP contribution is -2.53. The summed E-state index contributed by atoms with van der Waals surface area (Å²) in [4.78, 5) is 24.1. The molecule has 0 aliphatic carbocycles. The number of nitrogens with one attached hydrogen (secondary N) is 1. The van der Waals surface area contributed by atoms with Crippen LogP contribution in [-0.2, 0) is 30.3 Å². The van der Waals surface area contributed by atoms with Crippen LogP contribution in [0, 0.1) is 0 Å². The third kappa shape index (κ3) is 5.15. The fourth-order valence-corrected chi connectivity index (χ4v) is 2.58. The van der Waals surface area contributed by atoms with Gasteiger partial charge < -0.3 is 29.4 Å². The van der Waals surface area contributed by atoms with E-state index in [0.29, 0.717) is 0 Å². The van der Waals surface area contributed by atoms with Crippen LogP contribution in [0.25, 0.3) is 0 Å². The Hall–Kier alpha value is -2.16. The van der Waals surface area contributed by atoms with Crippen LogP contribution in [0.15, 0.2) is 30.3 Å². The summed E-state index contributed by atoms with van der Waals surface area (Å²) >= 11 is 0. The second kappa shape index (κ2) is 8.28. The van der Waals surface area contributed by atoms with Gasteiger partial charge in [-0.3, -0.25) is 0 Å². The van der Waals surface area contributed by atoms with Gasteiger partial charge in [-0.15, -0.1) is 0 Å². The molecule has 2 N–H and O–H groups in total. The first-order valence-corrected chi connectivity index (χ1v) is 7.88. The lowest BCUT2D eigenvalue weighted by Gasteiger charge is -2.24. The fourth-order valence-electron chi connectivity index (χ4n) is 2.58. The van der Waals surface area contributed by atoms with Crippen molar-refractivity contribution in [3.63, 3.8) is 0 Å². The van der Waals surface area contributed by atoms with Crippen LogP contribution < -0.4 is 5.32 Å². The monoisotopic (exact) mass is 353 g/mol. The number of aliphatic hydroxyl groups excluding tert-OH is 1. The first-order valence-electron chi connectivity index (χ1n) is 7.88. The van der Waals surface area contributed by atoms with Gasteiger partial charge in [0.15, 0.2) is 11.8 Å². The molecule has 3 atom stereocenters. The Morgan fingerprint density at radius 3 is 2.56 bits per heavy atom. The average molecular weight is 353 g/mol. The maximum atomic E-state index is 12.1. The number of amides is 1. The van der Waals surface area contributed by atoms with Crippen LogP contribution in [0.5, 0.6) is 0 Å². The number of ether oxygens (including phenoxy) is 4. The maximum Gasteiger partial charge on any atom is 0.408 e. The van der Waals surface area contributed by atoms with E-state index in [4.69, 9.17) is 18.9 Å². The van der Waals surface area contributed by atoms with E-state index >= 15 is 0 Å². The predicted octanol–water partition coefficient (Wildman–Crippen LogP) is 0.967. The summed E-state index contributed by atoms with van der Waals surface area (Å²) in [5.74, 6) is -1.72. The molecule has 1 fully saturated rings. The Morgan fingerprint density at radius 1 is 1.28 bits per heavy atom. The molecule has 0 bridgehead atoms. The molecule has 0 aromatic heterocycles. The third-order valence-electron chi connectivity index (χ3n) is 3.67. The molecule has 25 heavy (non-hydrogen) atoms. The summed E-state index contributed by atoms with van der Waals surface area (Å²) in [7, 11) is 1.20. The van der Waals surface area contributed by atoms with E-state index in [9.17, 15) is 14.7 Å². The fraction of sp³-hybridized carbons (Fsp3) is 0.529. The van der Waals surface area contributed by atoms with E-state index in [0.717, 1.165) is 5.56 Å². The molecule has 1 aliphatic heterocycles. The summed E-state index contributed by atoms with van der Waals surface area (Å²) in [6.07, 6.45) is -2.49. The smallest absolute Gasteiger partial charge is 0.408 e. The van der Waals surface area contributed by atoms with Crippen molar-refractivity contribution in [2.45, 2.75) is 44.5 Å². The number of hydrogen-bond donors (Lipinski definition) is 2. The number of carbonyl (C=O) groups excluding carboxylic acids is 2. The lowest BCUT2D eigenvalue weighted by molar-refractivity contribution is -0.159. The van der Waals surface area contributed by atoms with E-state index < -0.39 is 36.1 Å². The van der Waals surface area contributed by atoms with Crippen LogP contribution in [0.4, 0.5) is 4.79 Å². The van der Waals surface area contributed by atoms with Gasteiger partial charge >= 0.3 is 12.1 Å². The molecular weight excluding hydrogens is 330 g/mol. The molecule has 0 saturated carbocycles. The number of rotatable bonds is 6. The molecule has 1 heterocycles. The largest absolute Gasteiger partial charge is 0.467 e. The van der Waals surface area contributed by atoms with E-state index in [1.807, 2.05) is 30.3 Å². The van der Waals surface area contributed by atoms with Gasteiger partial charge in [-0.25, -0.2) is 9.59 Å². The predicted molar refractivity (Wildman–Crippen MR) is 86.5 cm³/mol. The van der Waals surface area contributed by atoms with Crippen LogP contribution in [0.3, 0.4) is 0 Å². The highest BCUT2D eigenvalue weighted by Crippen LogP contribution is 2.30. The number of alkyl carbamates (subject to hydrolysis) is 1.